The fourth-order valence-electron chi connectivity index (χ4n) is 2.44. The Morgan fingerprint density at radius 1 is 1.11 bits per heavy atom. The number of carbonyl (C=O) groups excluding carboxylic acids is 2. The fraction of sp³-hybridized carbons (Fsp3) is 0.0588. The highest BCUT2D eigenvalue weighted by Gasteiger charge is 2.15. The van der Waals surface area contributed by atoms with Crippen LogP contribution in [-0.4, -0.2) is 36.4 Å². The molecule has 0 saturated carbocycles. The molecule has 134 valence electrons. The van der Waals surface area contributed by atoms with E-state index in [0.717, 1.165) is 11.3 Å². The maximum atomic E-state index is 12.2. The zero-order chi connectivity index (χ0) is 18.8. The Labute approximate surface area is 157 Å². The summed E-state index contributed by atoms with van der Waals surface area (Å²) in [6.07, 6.45) is 4.30. The minimum Gasteiger partial charge on any atom is -0.326 e. The van der Waals surface area contributed by atoms with Crippen molar-refractivity contribution in [3.05, 3.63) is 53.9 Å². The highest BCUT2D eigenvalue weighted by Crippen LogP contribution is 2.27. The molecule has 0 saturated heterocycles. The predicted molar refractivity (Wildman–Crippen MR) is 101 cm³/mol. The van der Waals surface area contributed by atoms with Gasteiger partial charge in [0, 0.05) is 35.9 Å². The van der Waals surface area contributed by atoms with Crippen LogP contribution in [0.4, 0.5) is 11.6 Å². The lowest BCUT2D eigenvalue weighted by molar-refractivity contribution is -0.114. The van der Waals surface area contributed by atoms with Crippen LogP contribution >= 0.6 is 11.3 Å². The van der Waals surface area contributed by atoms with Crippen LogP contribution in [0.15, 0.2) is 48.2 Å². The average Bonchev–Trinajstić information content (AvgIpc) is 3.23. The maximum absolute atomic E-state index is 12.2. The van der Waals surface area contributed by atoms with Gasteiger partial charge in [0.25, 0.3) is 11.9 Å². The van der Waals surface area contributed by atoms with E-state index in [-0.39, 0.29) is 17.5 Å². The van der Waals surface area contributed by atoms with Crippen LogP contribution in [0.25, 0.3) is 16.2 Å². The molecule has 0 radical (unpaired) electrons. The first-order chi connectivity index (χ1) is 13.1. The van der Waals surface area contributed by atoms with Crippen molar-refractivity contribution in [2.45, 2.75) is 6.92 Å². The van der Waals surface area contributed by atoms with Crippen molar-refractivity contribution in [3.8, 4) is 11.3 Å². The van der Waals surface area contributed by atoms with E-state index in [9.17, 15) is 9.59 Å². The molecule has 3 aromatic heterocycles. The summed E-state index contributed by atoms with van der Waals surface area (Å²) in [6, 6.07) is 7.39. The third kappa shape index (κ3) is 3.51. The summed E-state index contributed by atoms with van der Waals surface area (Å²) < 4.78 is 1.66. The Morgan fingerprint density at radius 3 is 2.63 bits per heavy atom. The van der Waals surface area contributed by atoms with Gasteiger partial charge in [-0.15, -0.1) is 16.4 Å². The summed E-state index contributed by atoms with van der Waals surface area (Å²) in [5, 5.41) is 11.6. The molecule has 9 nitrogen and oxygen atoms in total. The van der Waals surface area contributed by atoms with Gasteiger partial charge in [-0.25, -0.2) is 9.50 Å². The summed E-state index contributed by atoms with van der Waals surface area (Å²) in [5.74, 6) is -0.364. The van der Waals surface area contributed by atoms with Crippen molar-refractivity contribution < 1.29 is 9.59 Å². The lowest BCUT2D eigenvalue weighted by Gasteiger charge is -2.03. The van der Waals surface area contributed by atoms with Crippen LogP contribution in [0.5, 0.6) is 0 Å². The van der Waals surface area contributed by atoms with E-state index in [1.165, 1.54) is 36.9 Å². The molecule has 1 aromatic carbocycles. The van der Waals surface area contributed by atoms with Gasteiger partial charge in [0.2, 0.25) is 10.9 Å². The molecular formula is C17H13N7O2S. The van der Waals surface area contributed by atoms with Crippen molar-refractivity contribution in [1.29, 1.82) is 0 Å². The SMILES string of the molecule is CC(=O)Nc1ccc(-c2csc3nc(NC(=O)c4cnccn4)nn23)cc1. The lowest BCUT2D eigenvalue weighted by Crippen LogP contribution is -2.14. The Morgan fingerprint density at radius 2 is 1.93 bits per heavy atom. The zero-order valence-electron chi connectivity index (χ0n) is 14.1. The Balaban J connectivity index is 1.59. The molecule has 0 atom stereocenters. The molecule has 10 heteroatoms. The number of nitrogens with zero attached hydrogens (tertiary/aromatic N) is 5. The molecule has 4 aromatic rings. The number of hydrogen-bond donors (Lipinski definition) is 2. The van der Waals surface area contributed by atoms with Crippen LogP contribution in [0, 0.1) is 0 Å². The molecule has 0 aliphatic heterocycles. The van der Waals surface area contributed by atoms with Crippen LogP contribution < -0.4 is 10.6 Å². The van der Waals surface area contributed by atoms with Gasteiger partial charge in [-0.05, 0) is 12.1 Å². The van der Waals surface area contributed by atoms with Crippen molar-refractivity contribution >= 4 is 39.7 Å². The Kier molecular flexibility index (Phi) is 4.30. The minimum absolute atomic E-state index is 0.125. The molecule has 27 heavy (non-hydrogen) atoms. The Hall–Kier alpha value is -3.66. The van der Waals surface area contributed by atoms with Crippen molar-refractivity contribution in [3.63, 3.8) is 0 Å². The number of rotatable bonds is 4. The minimum atomic E-state index is -0.428. The summed E-state index contributed by atoms with van der Waals surface area (Å²) >= 11 is 1.41. The standard InChI is InChI=1S/C17H13N7O2S/c1-10(25)20-12-4-2-11(3-5-12)14-9-27-17-22-16(23-24(14)17)21-15(26)13-8-18-6-7-19-13/h2-9H,1H3,(H,20,25)(H,21,23,26). The number of fused-ring (bicyclic) bond motifs is 1. The van der Waals surface area contributed by atoms with E-state index in [1.807, 2.05) is 29.6 Å². The predicted octanol–water partition coefficient (Wildman–Crippen LogP) is 2.46. The first kappa shape index (κ1) is 16.8. The number of benzene rings is 1. The third-order valence-electron chi connectivity index (χ3n) is 3.60. The van der Waals surface area contributed by atoms with Crippen LogP contribution in [0.1, 0.15) is 17.4 Å². The second kappa shape index (κ2) is 6.92. The topological polar surface area (TPSA) is 114 Å². The fourth-order valence-corrected chi connectivity index (χ4v) is 3.27. The number of carbonyl (C=O) groups is 2. The number of hydrogen-bond acceptors (Lipinski definition) is 7. The highest BCUT2D eigenvalue weighted by atomic mass is 32.1. The first-order valence-electron chi connectivity index (χ1n) is 7.90. The monoisotopic (exact) mass is 379 g/mol. The third-order valence-corrected chi connectivity index (χ3v) is 4.42. The quantitative estimate of drug-likeness (QED) is 0.563. The van der Waals surface area contributed by atoms with Crippen molar-refractivity contribution in [2.75, 3.05) is 10.6 Å². The van der Waals surface area contributed by atoms with Crippen LogP contribution in [0.3, 0.4) is 0 Å². The molecule has 4 rings (SSSR count). The molecule has 3 heterocycles. The van der Waals surface area contributed by atoms with Gasteiger partial charge in [-0.3, -0.25) is 19.9 Å². The van der Waals surface area contributed by atoms with E-state index in [0.29, 0.717) is 10.6 Å². The van der Waals surface area contributed by atoms with Crippen molar-refractivity contribution in [1.82, 2.24) is 24.6 Å². The maximum Gasteiger partial charge on any atom is 0.278 e. The van der Waals surface area contributed by atoms with Gasteiger partial charge >= 0.3 is 0 Å². The summed E-state index contributed by atoms with van der Waals surface area (Å²) in [4.78, 5) is 36.0. The van der Waals surface area contributed by atoms with Gasteiger partial charge in [0.15, 0.2) is 0 Å². The normalized spacial score (nSPS) is 10.7. The molecule has 0 unspecified atom stereocenters. The molecular weight excluding hydrogens is 366 g/mol. The Bertz CT molecular complexity index is 1120. The molecule has 2 N–H and O–H groups in total. The molecule has 0 aliphatic rings. The highest BCUT2D eigenvalue weighted by molar-refractivity contribution is 7.15. The summed E-state index contributed by atoms with van der Waals surface area (Å²) in [5.41, 5.74) is 2.64. The van der Waals surface area contributed by atoms with Gasteiger partial charge in [0.1, 0.15) is 5.69 Å². The van der Waals surface area contributed by atoms with Crippen LogP contribution in [-0.2, 0) is 4.79 Å². The van der Waals surface area contributed by atoms with E-state index in [4.69, 9.17) is 0 Å². The zero-order valence-corrected chi connectivity index (χ0v) is 14.9. The number of amides is 2. The van der Waals surface area contributed by atoms with Gasteiger partial charge < -0.3 is 5.32 Å². The number of thiazole rings is 1. The second-order valence-corrected chi connectivity index (χ2v) is 6.39. The lowest BCUT2D eigenvalue weighted by atomic mass is 10.1. The molecule has 2 amide bonds. The number of nitrogens with one attached hydrogen (secondary N) is 2. The smallest absolute Gasteiger partial charge is 0.278 e. The van der Waals surface area contributed by atoms with Gasteiger partial charge in [-0.2, -0.15) is 4.98 Å². The van der Waals surface area contributed by atoms with E-state index in [1.54, 1.807) is 4.52 Å². The number of anilines is 2. The molecule has 0 fully saturated rings. The largest absolute Gasteiger partial charge is 0.326 e. The van der Waals surface area contributed by atoms with E-state index < -0.39 is 5.91 Å². The second-order valence-electron chi connectivity index (χ2n) is 5.55. The summed E-state index contributed by atoms with van der Waals surface area (Å²) in [7, 11) is 0. The molecule has 0 aliphatic carbocycles. The molecule has 0 bridgehead atoms. The van der Waals surface area contributed by atoms with Crippen LogP contribution in [0.2, 0.25) is 0 Å². The first-order valence-corrected chi connectivity index (χ1v) is 8.78. The van der Waals surface area contributed by atoms with E-state index in [2.05, 4.69) is 30.7 Å². The number of aromatic nitrogens is 5. The molecule has 0 spiro atoms. The summed E-state index contributed by atoms with van der Waals surface area (Å²) in [6.45, 7) is 1.46. The van der Waals surface area contributed by atoms with E-state index >= 15 is 0 Å². The average molecular weight is 379 g/mol. The van der Waals surface area contributed by atoms with Gasteiger partial charge in [-0.1, -0.05) is 12.1 Å². The van der Waals surface area contributed by atoms with Crippen molar-refractivity contribution in [2.24, 2.45) is 0 Å². The van der Waals surface area contributed by atoms with Gasteiger partial charge in [0.05, 0.1) is 11.9 Å².